The number of carbonyl (C=O) groups is 1. The highest BCUT2D eigenvalue weighted by molar-refractivity contribution is 5.80. The van der Waals surface area contributed by atoms with Crippen LogP contribution in [-0.4, -0.2) is 67.9 Å². The minimum atomic E-state index is 0.384. The molecule has 4 nitrogen and oxygen atoms in total. The molecule has 2 saturated heterocycles. The first-order chi connectivity index (χ1) is 13.0. The van der Waals surface area contributed by atoms with Crippen molar-refractivity contribution in [2.45, 2.75) is 46.5 Å². The highest BCUT2D eigenvalue weighted by Gasteiger charge is 2.22. The summed E-state index contributed by atoms with van der Waals surface area (Å²) in [6.07, 6.45) is 4.52. The molecule has 2 heterocycles. The molecular formula is C23H37N3O. The number of carbonyl (C=O) groups excluding carboxylic acids is 1. The zero-order chi connectivity index (χ0) is 19.2. The summed E-state index contributed by atoms with van der Waals surface area (Å²) >= 11 is 0. The number of hydrogen-bond donors (Lipinski definition) is 0. The van der Waals surface area contributed by atoms with Gasteiger partial charge in [0.25, 0.3) is 0 Å². The Labute approximate surface area is 165 Å². The predicted octanol–water partition coefficient (Wildman–Crippen LogP) is 3.51. The lowest BCUT2D eigenvalue weighted by Gasteiger charge is -2.38. The number of nitrogens with zero attached hydrogens (tertiary/aromatic N) is 3. The molecule has 4 heteroatoms. The Hall–Kier alpha value is -1.39. The first-order valence-electron chi connectivity index (χ1n) is 10.8. The normalized spacial score (nSPS) is 20.2. The van der Waals surface area contributed by atoms with E-state index in [1.807, 2.05) is 6.92 Å². The van der Waals surface area contributed by atoms with Gasteiger partial charge in [-0.25, -0.2) is 0 Å². The molecule has 150 valence electrons. The Balaban J connectivity index is 1.36. The first kappa shape index (κ1) is 20.3. The van der Waals surface area contributed by atoms with E-state index in [0.29, 0.717) is 18.7 Å². The van der Waals surface area contributed by atoms with E-state index in [9.17, 15) is 4.79 Å². The largest absolute Gasteiger partial charge is 0.369 e. The van der Waals surface area contributed by atoms with Gasteiger partial charge < -0.3 is 4.90 Å². The monoisotopic (exact) mass is 371 g/mol. The van der Waals surface area contributed by atoms with Crippen molar-refractivity contribution >= 4 is 11.5 Å². The van der Waals surface area contributed by atoms with E-state index in [1.54, 1.807) is 0 Å². The van der Waals surface area contributed by atoms with Crippen LogP contribution >= 0.6 is 0 Å². The van der Waals surface area contributed by atoms with Crippen LogP contribution in [0.15, 0.2) is 18.2 Å². The average Bonchev–Trinajstić information content (AvgIpc) is 2.67. The van der Waals surface area contributed by atoms with Crippen LogP contribution in [0.25, 0.3) is 0 Å². The maximum atomic E-state index is 11.6. The molecular weight excluding hydrogens is 334 g/mol. The predicted molar refractivity (Wildman–Crippen MR) is 114 cm³/mol. The van der Waals surface area contributed by atoms with Crippen molar-refractivity contribution in [3.05, 3.63) is 29.3 Å². The van der Waals surface area contributed by atoms with Gasteiger partial charge in [0.15, 0.2) is 0 Å². The van der Waals surface area contributed by atoms with E-state index < -0.39 is 0 Å². The third-order valence-corrected chi connectivity index (χ3v) is 6.30. The second kappa shape index (κ2) is 9.70. The SMILES string of the molecule is CCC(=O)CN1CCC(CCN2CCN(c3cc(C)cc(C)c3)CC2)CC1. The Kier molecular flexibility index (Phi) is 7.31. The Morgan fingerprint density at radius 1 is 0.926 bits per heavy atom. The molecule has 0 radical (unpaired) electrons. The molecule has 0 spiro atoms. The molecule has 1 aromatic rings. The van der Waals surface area contributed by atoms with Crippen LogP contribution in [0.2, 0.25) is 0 Å². The summed E-state index contributed by atoms with van der Waals surface area (Å²) in [6, 6.07) is 6.89. The van der Waals surface area contributed by atoms with E-state index in [-0.39, 0.29) is 0 Å². The van der Waals surface area contributed by atoms with E-state index in [0.717, 1.165) is 32.1 Å². The van der Waals surface area contributed by atoms with Crippen molar-refractivity contribution < 1.29 is 4.79 Å². The quantitative estimate of drug-likeness (QED) is 0.733. The fourth-order valence-corrected chi connectivity index (χ4v) is 4.52. The number of anilines is 1. The van der Waals surface area contributed by atoms with Crippen LogP contribution in [0.4, 0.5) is 5.69 Å². The van der Waals surface area contributed by atoms with Crippen molar-refractivity contribution in [3.63, 3.8) is 0 Å². The molecule has 0 saturated carbocycles. The van der Waals surface area contributed by atoms with Gasteiger partial charge in [0.05, 0.1) is 6.54 Å². The number of piperazine rings is 1. The number of likely N-dealkylation sites (tertiary alicyclic amines) is 1. The van der Waals surface area contributed by atoms with Crippen LogP contribution in [0, 0.1) is 19.8 Å². The van der Waals surface area contributed by atoms with Crippen molar-refractivity contribution in [1.29, 1.82) is 0 Å². The Morgan fingerprint density at radius 2 is 1.56 bits per heavy atom. The summed E-state index contributed by atoms with van der Waals surface area (Å²) in [5.41, 5.74) is 4.11. The molecule has 0 atom stereocenters. The Bertz CT molecular complexity index is 594. The summed E-state index contributed by atoms with van der Waals surface area (Å²) in [7, 11) is 0. The van der Waals surface area contributed by atoms with Crippen LogP contribution in [0.3, 0.4) is 0 Å². The second-order valence-corrected chi connectivity index (χ2v) is 8.58. The molecule has 3 rings (SSSR count). The van der Waals surface area contributed by atoms with Crippen molar-refractivity contribution in [2.75, 3.05) is 57.3 Å². The molecule has 0 unspecified atom stereocenters. The number of ketones is 1. The lowest BCUT2D eigenvalue weighted by Crippen LogP contribution is -2.47. The summed E-state index contributed by atoms with van der Waals surface area (Å²) in [5.74, 6) is 1.23. The number of hydrogen-bond acceptors (Lipinski definition) is 4. The molecule has 2 fully saturated rings. The third-order valence-electron chi connectivity index (χ3n) is 6.30. The Morgan fingerprint density at radius 3 is 2.15 bits per heavy atom. The van der Waals surface area contributed by atoms with Gasteiger partial charge in [-0.2, -0.15) is 0 Å². The molecule has 2 aliphatic rings. The van der Waals surface area contributed by atoms with Gasteiger partial charge in [0.1, 0.15) is 5.78 Å². The van der Waals surface area contributed by atoms with Gasteiger partial charge in [0, 0.05) is 38.3 Å². The molecule has 2 aliphatic heterocycles. The zero-order valence-corrected chi connectivity index (χ0v) is 17.5. The molecule has 0 N–H and O–H groups in total. The molecule has 0 bridgehead atoms. The van der Waals surface area contributed by atoms with Gasteiger partial charge in [-0.05, 0) is 81.9 Å². The standard InChI is InChI=1S/C23H37N3O/c1-4-23(27)18-25-9-6-21(7-10-25)5-8-24-11-13-26(14-12-24)22-16-19(2)15-20(3)17-22/h15-17,21H,4-14,18H2,1-3H3. The van der Waals surface area contributed by atoms with Gasteiger partial charge >= 0.3 is 0 Å². The van der Waals surface area contributed by atoms with Gasteiger partial charge in [-0.1, -0.05) is 13.0 Å². The van der Waals surface area contributed by atoms with E-state index in [2.05, 4.69) is 46.7 Å². The number of Topliss-reactive ketones (excluding diaryl/α,β-unsaturated/α-hetero) is 1. The number of benzene rings is 1. The minimum Gasteiger partial charge on any atom is -0.369 e. The molecule has 1 aromatic carbocycles. The maximum Gasteiger partial charge on any atom is 0.146 e. The summed E-state index contributed by atoms with van der Waals surface area (Å²) < 4.78 is 0. The molecule has 0 aromatic heterocycles. The van der Waals surface area contributed by atoms with Gasteiger partial charge in [0.2, 0.25) is 0 Å². The van der Waals surface area contributed by atoms with Crippen LogP contribution in [-0.2, 0) is 4.79 Å². The highest BCUT2D eigenvalue weighted by Crippen LogP contribution is 2.23. The lowest BCUT2D eigenvalue weighted by atomic mass is 9.93. The second-order valence-electron chi connectivity index (χ2n) is 8.58. The van der Waals surface area contributed by atoms with Crippen LogP contribution in [0.1, 0.15) is 43.7 Å². The molecule has 0 aliphatic carbocycles. The highest BCUT2D eigenvalue weighted by atomic mass is 16.1. The smallest absolute Gasteiger partial charge is 0.146 e. The summed E-state index contributed by atoms with van der Waals surface area (Å²) in [5, 5.41) is 0. The fourth-order valence-electron chi connectivity index (χ4n) is 4.52. The number of rotatable bonds is 7. The van der Waals surface area contributed by atoms with Crippen LogP contribution in [0.5, 0.6) is 0 Å². The number of aryl methyl sites for hydroxylation is 2. The van der Waals surface area contributed by atoms with Crippen molar-refractivity contribution in [3.8, 4) is 0 Å². The van der Waals surface area contributed by atoms with Crippen LogP contribution < -0.4 is 4.90 Å². The maximum absolute atomic E-state index is 11.6. The minimum absolute atomic E-state index is 0.384. The summed E-state index contributed by atoms with van der Waals surface area (Å²) in [4.78, 5) is 19.1. The van der Waals surface area contributed by atoms with E-state index >= 15 is 0 Å². The van der Waals surface area contributed by atoms with Gasteiger partial charge in [-0.15, -0.1) is 0 Å². The van der Waals surface area contributed by atoms with Crippen molar-refractivity contribution in [2.24, 2.45) is 5.92 Å². The van der Waals surface area contributed by atoms with Gasteiger partial charge in [-0.3, -0.25) is 14.6 Å². The molecule has 27 heavy (non-hydrogen) atoms. The average molecular weight is 372 g/mol. The third kappa shape index (κ3) is 6.05. The van der Waals surface area contributed by atoms with E-state index in [4.69, 9.17) is 0 Å². The number of piperidine rings is 1. The van der Waals surface area contributed by atoms with E-state index in [1.165, 1.54) is 55.7 Å². The topological polar surface area (TPSA) is 26.8 Å². The fraction of sp³-hybridized carbons (Fsp3) is 0.696. The molecule has 0 amide bonds. The first-order valence-corrected chi connectivity index (χ1v) is 10.8. The summed E-state index contributed by atoms with van der Waals surface area (Å²) in [6.45, 7) is 15.1. The lowest BCUT2D eigenvalue weighted by molar-refractivity contribution is -0.120. The van der Waals surface area contributed by atoms with Crippen molar-refractivity contribution in [1.82, 2.24) is 9.80 Å². The zero-order valence-electron chi connectivity index (χ0n) is 17.5.